The van der Waals surface area contributed by atoms with Crippen molar-refractivity contribution in [1.29, 1.82) is 0 Å². The number of amides is 1. The molecule has 0 radical (unpaired) electrons. The molecule has 1 aromatic carbocycles. The highest BCUT2D eigenvalue weighted by atomic mass is 16.1. The van der Waals surface area contributed by atoms with E-state index in [-0.39, 0.29) is 5.91 Å². The molecule has 1 aromatic rings. The van der Waals surface area contributed by atoms with E-state index < -0.39 is 0 Å². The highest BCUT2D eigenvalue weighted by Gasteiger charge is 2.18. The number of hydrogen-bond acceptors (Lipinski definition) is 2. The maximum Gasteiger partial charge on any atom is 0.221 e. The number of piperidine rings is 1. The van der Waals surface area contributed by atoms with Gasteiger partial charge in [-0.25, -0.2) is 0 Å². The zero-order valence-corrected chi connectivity index (χ0v) is 10.6. The first kappa shape index (κ1) is 12.0. The quantitative estimate of drug-likeness (QED) is 0.850. The molecule has 3 heteroatoms. The van der Waals surface area contributed by atoms with Crippen LogP contribution in [0.1, 0.15) is 33.1 Å². The van der Waals surface area contributed by atoms with E-state index in [0.29, 0.717) is 6.04 Å². The largest absolute Gasteiger partial charge is 0.369 e. The van der Waals surface area contributed by atoms with Crippen LogP contribution in [0.15, 0.2) is 24.3 Å². The predicted molar refractivity (Wildman–Crippen MR) is 71.4 cm³/mol. The lowest BCUT2D eigenvalue weighted by Gasteiger charge is -2.35. The first-order valence-corrected chi connectivity index (χ1v) is 6.31. The minimum atomic E-state index is -0.0240. The topological polar surface area (TPSA) is 32.3 Å². The van der Waals surface area contributed by atoms with Gasteiger partial charge in [0.05, 0.1) is 0 Å². The Balaban J connectivity index is 2.08. The summed E-state index contributed by atoms with van der Waals surface area (Å²) >= 11 is 0. The molecular weight excluding hydrogens is 212 g/mol. The van der Waals surface area contributed by atoms with Crippen LogP contribution in [-0.4, -0.2) is 18.5 Å². The fourth-order valence-corrected chi connectivity index (χ4v) is 2.42. The fourth-order valence-electron chi connectivity index (χ4n) is 2.42. The van der Waals surface area contributed by atoms with Crippen LogP contribution in [0.2, 0.25) is 0 Å². The molecule has 0 bridgehead atoms. The van der Waals surface area contributed by atoms with Crippen molar-refractivity contribution in [3.05, 3.63) is 24.3 Å². The summed E-state index contributed by atoms with van der Waals surface area (Å²) in [5.74, 6) is -0.0240. The van der Waals surface area contributed by atoms with Gasteiger partial charge in [-0.1, -0.05) is 0 Å². The zero-order valence-electron chi connectivity index (χ0n) is 10.6. The van der Waals surface area contributed by atoms with Crippen LogP contribution in [0, 0.1) is 0 Å². The summed E-state index contributed by atoms with van der Waals surface area (Å²) in [6, 6.07) is 8.74. The zero-order chi connectivity index (χ0) is 12.3. The maximum absolute atomic E-state index is 10.9. The van der Waals surface area contributed by atoms with Gasteiger partial charge in [-0.2, -0.15) is 0 Å². The Morgan fingerprint density at radius 1 is 1.29 bits per heavy atom. The Labute approximate surface area is 103 Å². The number of nitrogens with zero attached hydrogens (tertiary/aromatic N) is 1. The van der Waals surface area contributed by atoms with Gasteiger partial charge in [0.25, 0.3) is 0 Å². The van der Waals surface area contributed by atoms with Gasteiger partial charge in [0.1, 0.15) is 0 Å². The number of hydrogen-bond donors (Lipinski definition) is 1. The number of anilines is 2. The maximum atomic E-state index is 10.9. The molecule has 1 fully saturated rings. The Hall–Kier alpha value is -1.51. The van der Waals surface area contributed by atoms with Crippen molar-refractivity contribution in [2.45, 2.75) is 39.2 Å². The second kappa shape index (κ2) is 5.21. The average Bonchev–Trinajstić information content (AvgIpc) is 2.30. The van der Waals surface area contributed by atoms with E-state index in [0.717, 1.165) is 12.2 Å². The number of nitrogens with one attached hydrogen (secondary N) is 1. The van der Waals surface area contributed by atoms with Crippen LogP contribution in [0.25, 0.3) is 0 Å². The van der Waals surface area contributed by atoms with Gasteiger partial charge in [-0.3, -0.25) is 4.79 Å². The average molecular weight is 232 g/mol. The van der Waals surface area contributed by atoms with Gasteiger partial charge in [-0.15, -0.1) is 0 Å². The third-order valence-electron chi connectivity index (χ3n) is 3.32. The first-order valence-electron chi connectivity index (χ1n) is 6.31. The van der Waals surface area contributed by atoms with Gasteiger partial charge in [-0.05, 0) is 50.5 Å². The molecule has 92 valence electrons. The SMILES string of the molecule is CC(=O)Nc1ccc(N2CCCC[C@H]2C)cc1. The molecule has 1 aliphatic heterocycles. The van der Waals surface area contributed by atoms with E-state index in [2.05, 4.69) is 29.3 Å². The van der Waals surface area contributed by atoms with Gasteiger partial charge in [0.15, 0.2) is 0 Å². The van der Waals surface area contributed by atoms with Gasteiger partial charge in [0, 0.05) is 30.9 Å². The number of carbonyl (C=O) groups is 1. The summed E-state index contributed by atoms with van der Waals surface area (Å²) in [6.07, 6.45) is 3.88. The molecule has 1 aliphatic rings. The number of carbonyl (C=O) groups excluding carboxylic acids is 1. The molecule has 0 saturated carbocycles. The molecule has 1 saturated heterocycles. The van der Waals surface area contributed by atoms with Crippen molar-refractivity contribution < 1.29 is 4.79 Å². The summed E-state index contributed by atoms with van der Waals surface area (Å²) in [7, 11) is 0. The molecule has 17 heavy (non-hydrogen) atoms. The lowest BCUT2D eigenvalue weighted by atomic mass is 10.0. The molecule has 0 unspecified atom stereocenters. The van der Waals surface area contributed by atoms with Crippen LogP contribution in [-0.2, 0) is 4.79 Å². The lowest BCUT2D eigenvalue weighted by Crippen LogP contribution is -2.37. The van der Waals surface area contributed by atoms with Crippen molar-refractivity contribution in [2.24, 2.45) is 0 Å². The Morgan fingerprint density at radius 3 is 2.59 bits per heavy atom. The minimum absolute atomic E-state index is 0.0240. The normalized spacial score (nSPS) is 20.1. The highest BCUT2D eigenvalue weighted by molar-refractivity contribution is 5.88. The second-order valence-corrected chi connectivity index (χ2v) is 4.77. The summed E-state index contributed by atoms with van der Waals surface area (Å²) in [5.41, 5.74) is 2.12. The summed E-state index contributed by atoms with van der Waals surface area (Å²) in [6.45, 7) is 4.95. The van der Waals surface area contributed by atoms with Crippen molar-refractivity contribution in [3.63, 3.8) is 0 Å². The Morgan fingerprint density at radius 2 is 2.00 bits per heavy atom. The fraction of sp³-hybridized carbons (Fsp3) is 0.500. The second-order valence-electron chi connectivity index (χ2n) is 4.77. The predicted octanol–water partition coefficient (Wildman–Crippen LogP) is 3.02. The molecule has 0 aromatic heterocycles. The summed E-state index contributed by atoms with van der Waals surface area (Å²) < 4.78 is 0. The monoisotopic (exact) mass is 232 g/mol. The van der Waals surface area contributed by atoms with Crippen LogP contribution >= 0.6 is 0 Å². The first-order chi connectivity index (χ1) is 8.16. The summed E-state index contributed by atoms with van der Waals surface area (Å²) in [4.78, 5) is 13.4. The van der Waals surface area contributed by atoms with E-state index in [1.807, 2.05) is 12.1 Å². The molecule has 1 amide bonds. The Kier molecular flexibility index (Phi) is 3.67. The minimum Gasteiger partial charge on any atom is -0.369 e. The molecular formula is C14H20N2O. The third kappa shape index (κ3) is 2.99. The Bertz CT molecular complexity index is 386. The molecule has 2 rings (SSSR count). The highest BCUT2D eigenvalue weighted by Crippen LogP contribution is 2.25. The van der Waals surface area contributed by atoms with Crippen molar-refractivity contribution in [2.75, 3.05) is 16.8 Å². The number of benzene rings is 1. The lowest BCUT2D eigenvalue weighted by molar-refractivity contribution is -0.114. The number of rotatable bonds is 2. The van der Waals surface area contributed by atoms with Crippen LogP contribution < -0.4 is 10.2 Å². The van der Waals surface area contributed by atoms with E-state index >= 15 is 0 Å². The van der Waals surface area contributed by atoms with E-state index in [9.17, 15) is 4.79 Å². The molecule has 3 nitrogen and oxygen atoms in total. The van der Waals surface area contributed by atoms with E-state index in [1.165, 1.54) is 31.9 Å². The van der Waals surface area contributed by atoms with Gasteiger partial charge >= 0.3 is 0 Å². The van der Waals surface area contributed by atoms with Crippen molar-refractivity contribution in [3.8, 4) is 0 Å². The van der Waals surface area contributed by atoms with E-state index in [4.69, 9.17) is 0 Å². The smallest absolute Gasteiger partial charge is 0.221 e. The van der Waals surface area contributed by atoms with Gasteiger partial charge < -0.3 is 10.2 Å². The van der Waals surface area contributed by atoms with Crippen molar-refractivity contribution >= 4 is 17.3 Å². The molecule has 0 spiro atoms. The molecule has 1 heterocycles. The standard InChI is InChI=1S/C14H20N2O/c1-11-5-3-4-10-16(11)14-8-6-13(7-9-14)15-12(2)17/h6-9,11H,3-5,10H2,1-2H3,(H,15,17)/t11-/m1/s1. The van der Waals surface area contributed by atoms with Crippen LogP contribution in [0.3, 0.4) is 0 Å². The molecule has 1 N–H and O–H groups in total. The van der Waals surface area contributed by atoms with Gasteiger partial charge in [0.2, 0.25) is 5.91 Å². The summed E-state index contributed by atoms with van der Waals surface area (Å²) in [5, 5.41) is 2.79. The van der Waals surface area contributed by atoms with E-state index in [1.54, 1.807) is 0 Å². The molecule has 1 atom stereocenters. The van der Waals surface area contributed by atoms with Crippen molar-refractivity contribution in [1.82, 2.24) is 0 Å². The van der Waals surface area contributed by atoms with Crippen LogP contribution in [0.4, 0.5) is 11.4 Å². The van der Waals surface area contributed by atoms with Crippen LogP contribution in [0.5, 0.6) is 0 Å². The molecule has 0 aliphatic carbocycles. The third-order valence-corrected chi connectivity index (χ3v) is 3.32.